The third kappa shape index (κ3) is 1.17. The molecule has 0 spiro atoms. The van der Waals surface area contributed by atoms with Crippen LogP contribution in [0, 0.1) is 6.92 Å². The molecule has 0 atom stereocenters. The minimum atomic E-state index is -0.606. The first kappa shape index (κ1) is 8.49. The van der Waals surface area contributed by atoms with Gasteiger partial charge in [0.05, 0.1) is 5.52 Å². The first-order chi connectivity index (χ1) is 6.58. The number of nitrogens with two attached hydrogens (primary N) is 2. The molecule has 14 heavy (non-hydrogen) atoms. The number of nitrogens with zero attached hydrogens (tertiary/aromatic N) is 2. The Morgan fingerprint density at radius 3 is 2.86 bits per heavy atom. The van der Waals surface area contributed by atoms with Crippen molar-refractivity contribution in [2.75, 3.05) is 5.73 Å². The van der Waals surface area contributed by atoms with Gasteiger partial charge in [-0.05, 0) is 13.0 Å². The molecule has 5 N–H and O–H groups in total. The average Bonchev–Trinajstić information content (AvgIpc) is 2.45. The van der Waals surface area contributed by atoms with Crippen LogP contribution in [0.25, 0.3) is 11.0 Å². The molecule has 2 heterocycles. The molecule has 0 saturated carbocycles. The van der Waals surface area contributed by atoms with Crippen LogP contribution in [0.4, 0.5) is 5.82 Å². The predicted molar refractivity (Wildman–Crippen MR) is 51.6 cm³/mol. The van der Waals surface area contributed by atoms with Crippen LogP contribution in [0.5, 0.6) is 0 Å². The number of aryl methyl sites for hydroxylation is 1. The van der Waals surface area contributed by atoms with Crippen molar-refractivity contribution < 1.29 is 4.79 Å². The van der Waals surface area contributed by atoms with Crippen molar-refractivity contribution in [3.8, 4) is 0 Å². The van der Waals surface area contributed by atoms with Crippen LogP contribution in [-0.2, 0) is 0 Å². The summed E-state index contributed by atoms with van der Waals surface area (Å²) in [5.41, 5.74) is 12.1. The molecule has 0 saturated heterocycles. The number of amides is 1. The lowest BCUT2D eigenvalue weighted by atomic mass is 10.3. The molecule has 0 aliphatic carbocycles. The van der Waals surface area contributed by atoms with Crippen molar-refractivity contribution in [3.05, 3.63) is 17.6 Å². The summed E-state index contributed by atoms with van der Waals surface area (Å²) in [6.07, 6.45) is 0. The maximum absolute atomic E-state index is 10.9. The van der Waals surface area contributed by atoms with Crippen molar-refractivity contribution in [2.45, 2.75) is 6.92 Å². The van der Waals surface area contributed by atoms with E-state index in [0.29, 0.717) is 11.0 Å². The zero-order valence-electron chi connectivity index (χ0n) is 7.53. The van der Waals surface area contributed by atoms with Gasteiger partial charge in [0.25, 0.3) is 5.91 Å². The molecule has 0 radical (unpaired) electrons. The van der Waals surface area contributed by atoms with E-state index in [-0.39, 0.29) is 11.5 Å². The van der Waals surface area contributed by atoms with E-state index in [9.17, 15) is 4.79 Å². The largest absolute Gasteiger partial charge is 0.382 e. The van der Waals surface area contributed by atoms with Crippen LogP contribution in [0.3, 0.4) is 0 Å². The highest BCUT2D eigenvalue weighted by Crippen LogP contribution is 2.17. The smallest absolute Gasteiger partial charge is 0.267 e. The Balaban J connectivity index is 2.77. The number of primary amides is 1. The first-order valence-electron chi connectivity index (χ1n) is 4.00. The number of rotatable bonds is 1. The molecule has 0 aromatic carbocycles. The van der Waals surface area contributed by atoms with Crippen LogP contribution < -0.4 is 11.5 Å². The average molecular weight is 191 g/mol. The number of nitrogen functional groups attached to an aromatic ring is 1. The third-order valence-corrected chi connectivity index (χ3v) is 1.87. The third-order valence-electron chi connectivity index (χ3n) is 1.87. The number of imidazole rings is 1. The summed E-state index contributed by atoms with van der Waals surface area (Å²) >= 11 is 0. The molecule has 0 fully saturated rings. The van der Waals surface area contributed by atoms with Gasteiger partial charge in [-0.1, -0.05) is 0 Å². The summed E-state index contributed by atoms with van der Waals surface area (Å²) in [7, 11) is 0. The minimum absolute atomic E-state index is 0.138. The van der Waals surface area contributed by atoms with E-state index in [1.165, 1.54) is 6.07 Å². The topological polar surface area (TPSA) is 111 Å². The standard InChI is InChI=1S/C8H9N5O/c1-3-11-4-2-5(8(10)14)13-7(9)6(4)12-3/h2H,1H3,(H2,9,13)(H2,10,14)(H,11,12). The van der Waals surface area contributed by atoms with Gasteiger partial charge in [-0.3, -0.25) is 4.79 Å². The van der Waals surface area contributed by atoms with Crippen LogP contribution in [0.2, 0.25) is 0 Å². The number of carbonyl (C=O) groups excluding carboxylic acids is 1. The summed E-state index contributed by atoms with van der Waals surface area (Å²) in [6, 6.07) is 1.54. The van der Waals surface area contributed by atoms with Gasteiger partial charge < -0.3 is 16.5 Å². The summed E-state index contributed by atoms with van der Waals surface area (Å²) in [4.78, 5) is 21.8. The van der Waals surface area contributed by atoms with Crippen molar-refractivity contribution in [3.63, 3.8) is 0 Å². The summed E-state index contributed by atoms with van der Waals surface area (Å²) in [5, 5.41) is 0. The van der Waals surface area contributed by atoms with Crippen molar-refractivity contribution in [2.24, 2.45) is 5.73 Å². The number of aromatic amines is 1. The van der Waals surface area contributed by atoms with E-state index in [1.54, 1.807) is 6.92 Å². The zero-order valence-corrected chi connectivity index (χ0v) is 7.53. The number of carbonyl (C=O) groups is 1. The maximum atomic E-state index is 10.9. The number of hydrogen-bond acceptors (Lipinski definition) is 4. The van der Waals surface area contributed by atoms with Crippen LogP contribution in [-0.4, -0.2) is 20.9 Å². The number of hydrogen-bond donors (Lipinski definition) is 3. The lowest BCUT2D eigenvalue weighted by molar-refractivity contribution is 0.0996. The molecule has 2 rings (SSSR count). The molecule has 6 heteroatoms. The molecule has 0 bridgehead atoms. The van der Waals surface area contributed by atoms with Crippen LogP contribution >= 0.6 is 0 Å². The van der Waals surface area contributed by atoms with Gasteiger partial charge >= 0.3 is 0 Å². The van der Waals surface area contributed by atoms with Crippen molar-refractivity contribution >= 4 is 22.8 Å². The van der Waals surface area contributed by atoms with E-state index in [0.717, 1.165) is 5.82 Å². The van der Waals surface area contributed by atoms with Crippen LogP contribution in [0.15, 0.2) is 6.07 Å². The second-order valence-corrected chi connectivity index (χ2v) is 2.98. The summed E-state index contributed by atoms with van der Waals surface area (Å²) in [5.74, 6) is 0.321. The second-order valence-electron chi connectivity index (χ2n) is 2.98. The lowest BCUT2D eigenvalue weighted by Gasteiger charge is -1.97. The van der Waals surface area contributed by atoms with E-state index < -0.39 is 5.91 Å². The first-order valence-corrected chi connectivity index (χ1v) is 4.00. The number of nitrogens with one attached hydrogen (secondary N) is 1. The zero-order chi connectivity index (χ0) is 10.3. The number of H-pyrrole nitrogens is 1. The SMILES string of the molecule is Cc1nc2c(N)nc(C(N)=O)cc2[nH]1. The van der Waals surface area contributed by atoms with Crippen LogP contribution in [0.1, 0.15) is 16.3 Å². The van der Waals surface area contributed by atoms with E-state index >= 15 is 0 Å². The Bertz CT molecular complexity index is 516. The van der Waals surface area contributed by atoms with E-state index in [2.05, 4.69) is 15.0 Å². The molecule has 6 nitrogen and oxygen atoms in total. The number of aromatic nitrogens is 3. The minimum Gasteiger partial charge on any atom is -0.382 e. The van der Waals surface area contributed by atoms with Gasteiger partial charge in [0.1, 0.15) is 17.0 Å². The van der Waals surface area contributed by atoms with Crippen molar-refractivity contribution in [1.82, 2.24) is 15.0 Å². The monoisotopic (exact) mass is 191 g/mol. The van der Waals surface area contributed by atoms with Crippen molar-refractivity contribution in [1.29, 1.82) is 0 Å². The molecule has 72 valence electrons. The maximum Gasteiger partial charge on any atom is 0.267 e. The fourth-order valence-electron chi connectivity index (χ4n) is 1.29. The Morgan fingerprint density at radius 1 is 1.50 bits per heavy atom. The number of pyridine rings is 1. The highest BCUT2D eigenvalue weighted by molar-refractivity contribution is 5.96. The second kappa shape index (κ2) is 2.69. The normalized spacial score (nSPS) is 10.6. The summed E-state index contributed by atoms with van der Waals surface area (Å²) in [6.45, 7) is 1.80. The molecule has 2 aromatic heterocycles. The van der Waals surface area contributed by atoms with Gasteiger partial charge in [-0.25, -0.2) is 9.97 Å². The van der Waals surface area contributed by atoms with Gasteiger partial charge in [0.2, 0.25) is 0 Å². The number of fused-ring (bicyclic) bond motifs is 1. The van der Waals surface area contributed by atoms with E-state index in [4.69, 9.17) is 11.5 Å². The van der Waals surface area contributed by atoms with Gasteiger partial charge in [-0.15, -0.1) is 0 Å². The Kier molecular flexibility index (Phi) is 1.63. The highest BCUT2D eigenvalue weighted by Gasteiger charge is 2.10. The van der Waals surface area contributed by atoms with Gasteiger partial charge in [0, 0.05) is 0 Å². The fraction of sp³-hybridized carbons (Fsp3) is 0.125. The molecule has 0 unspecified atom stereocenters. The number of anilines is 1. The lowest BCUT2D eigenvalue weighted by Crippen LogP contribution is -2.13. The molecular weight excluding hydrogens is 182 g/mol. The fourth-order valence-corrected chi connectivity index (χ4v) is 1.29. The molecule has 1 amide bonds. The Labute approximate surface area is 79.3 Å². The van der Waals surface area contributed by atoms with E-state index in [1.807, 2.05) is 0 Å². The van der Waals surface area contributed by atoms with Gasteiger partial charge in [-0.2, -0.15) is 0 Å². The summed E-state index contributed by atoms with van der Waals surface area (Å²) < 4.78 is 0. The molecule has 0 aliphatic rings. The Hall–Kier alpha value is -2.11. The molecular formula is C8H9N5O. The predicted octanol–water partition coefficient (Wildman–Crippen LogP) is -0.0526. The Morgan fingerprint density at radius 2 is 2.21 bits per heavy atom. The quantitative estimate of drug-likeness (QED) is 0.586. The molecule has 0 aliphatic heterocycles. The highest BCUT2D eigenvalue weighted by atomic mass is 16.1. The van der Waals surface area contributed by atoms with Gasteiger partial charge in [0.15, 0.2) is 5.82 Å². The molecule has 2 aromatic rings.